The van der Waals surface area contributed by atoms with Crippen LogP contribution in [0.1, 0.15) is 21.5 Å². The van der Waals surface area contributed by atoms with Gasteiger partial charge in [0.05, 0.1) is 13.7 Å². The van der Waals surface area contributed by atoms with E-state index in [1.54, 1.807) is 43.5 Å². The number of hydrogen-bond acceptors (Lipinski definition) is 3. The molecule has 0 spiro atoms. The maximum Gasteiger partial charge on any atom is 0.299 e. The summed E-state index contributed by atoms with van der Waals surface area (Å²) in [7, 11) is 1.59. The zero-order valence-electron chi connectivity index (χ0n) is 15.4. The van der Waals surface area contributed by atoms with Crippen LogP contribution in [0.5, 0.6) is 5.75 Å². The molecule has 0 heterocycles. The SMILES string of the molecule is COc1ccc(N(Cc2ccccc2)C(=O)C(=O)c2ccc(C)cc2)cc1. The average molecular weight is 359 g/mol. The van der Waals surface area contributed by atoms with Gasteiger partial charge in [0.15, 0.2) is 0 Å². The molecule has 27 heavy (non-hydrogen) atoms. The molecule has 0 unspecified atom stereocenters. The van der Waals surface area contributed by atoms with Gasteiger partial charge in [-0.2, -0.15) is 0 Å². The first-order valence-corrected chi connectivity index (χ1v) is 8.69. The molecule has 3 rings (SSSR count). The van der Waals surface area contributed by atoms with Gasteiger partial charge in [-0.1, -0.05) is 60.2 Å². The van der Waals surface area contributed by atoms with Gasteiger partial charge in [0, 0.05) is 11.3 Å². The maximum atomic E-state index is 13.0. The average Bonchev–Trinajstić information content (AvgIpc) is 2.72. The third-order valence-corrected chi connectivity index (χ3v) is 4.32. The number of nitrogens with zero attached hydrogens (tertiary/aromatic N) is 1. The molecule has 0 aliphatic rings. The van der Waals surface area contributed by atoms with Crippen LogP contribution in [0.3, 0.4) is 0 Å². The quantitative estimate of drug-likeness (QED) is 0.483. The Morgan fingerprint density at radius 3 is 2.07 bits per heavy atom. The lowest BCUT2D eigenvalue weighted by molar-refractivity contribution is -0.114. The topological polar surface area (TPSA) is 46.6 Å². The van der Waals surface area contributed by atoms with E-state index in [0.717, 1.165) is 11.1 Å². The van der Waals surface area contributed by atoms with E-state index in [0.29, 0.717) is 23.5 Å². The number of carbonyl (C=O) groups excluding carboxylic acids is 2. The van der Waals surface area contributed by atoms with Crippen molar-refractivity contribution >= 4 is 17.4 Å². The Kier molecular flexibility index (Phi) is 5.67. The Morgan fingerprint density at radius 2 is 1.48 bits per heavy atom. The molecule has 1 amide bonds. The number of aryl methyl sites for hydroxylation is 1. The minimum Gasteiger partial charge on any atom is -0.497 e. The van der Waals surface area contributed by atoms with Crippen molar-refractivity contribution in [1.82, 2.24) is 0 Å². The molecule has 3 aromatic carbocycles. The molecule has 0 radical (unpaired) electrons. The molecule has 0 aromatic heterocycles. The third kappa shape index (κ3) is 4.42. The normalized spacial score (nSPS) is 10.3. The van der Waals surface area contributed by atoms with E-state index in [1.165, 1.54) is 4.90 Å². The lowest BCUT2D eigenvalue weighted by Crippen LogP contribution is -2.36. The molecule has 0 N–H and O–H groups in total. The van der Waals surface area contributed by atoms with Crippen molar-refractivity contribution in [2.75, 3.05) is 12.0 Å². The second kappa shape index (κ2) is 8.32. The fourth-order valence-corrected chi connectivity index (χ4v) is 2.76. The van der Waals surface area contributed by atoms with Crippen molar-refractivity contribution in [3.63, 3.8) is 0 Å². The van der Waals surface area contributed by atoms with Gasteiger partial charge in [-0.25, -0.2) is 0 Å². The summed E-state index contributed by atoms with van der Waals surface area (Å²) in [6.07, 6.45) is 0. The van der Waals surface area contributed by atoms with Crippen LogP contribution in [0, 0.1) is 6.92 Å². The van der Waals surface area contributed by atoms with Gasteiger partial charge < -0.3 is 9.64 Å². The molecule has 0 saturated heterocycles. The summed E-state index contributed by atoms with van der Waals surface area (Å²) in [5.74, 6) is -0.398. The Hall–Kier alpha value is -3.40. The van der Waals surface area contributed by atoms with Crippen LogP contribution in [0.15, 0.2) is 78.9 Å². The Labute approximate surface area is 159 Å². The van der Waals surface area contributed by atoms with Crippen LogP contribution in [-0.2, 0) is 11.3 Å². The summed E-state index contributed by atoms with van der Waals surface area (Å²) < 4.78 is 5.19. The number of methoxy groups -OCH3 is 1. The maximum absolute atomic E-state index is 13.0. The highest BCUT2D eigenvalue weighted by molar-refractivity contribution is 6.47. The minimum absolute atomic E-state index is 0.309. The van der Waals surface area contributed by atoms with Crippen molar-refractivity contribution in [1.29, 1.82) is 0 Å². The van der Waals surface area contributed by atoms with Gasteiger partial charge in [-0.15, -0.1) is 0 Å². The number of benzene rings is 3. The van der Waals surface area contributed by atoms with E-state index in [9.17, 15) is 9.59 Å². The zero-order chi connectivity index (χ0) is 19.2. The number of ether oxygens (including phenoxy) is 1. The largest absolute Gasteiger partial charge is 0.497 e. The molecule has 0 bridgehead atoms. The Balaban J connectivity index is 1.93. The summed E-state index contributed by atoms with van der Waals surface area (Å²) in [5, 5.41) is 0. The number of carbonyl (C=O) groups is 2. The Bertz CT molecular complexity index is 916. The summed E-state index contributed by atoms with van der Waals surface area (Å²) in [6, 6.07) is 23.7. The van der Waals surface area contributed by atoms with E-state index in [-0.39, 0.29) is 0 Å². The number of amides is 1. The second-order valence-corrected chi connectivity index (χ2v) is 6.27. The van der Waals surface area contributed by atoms with Crippen LogP contribution >= 0.6 is 0 Å². The standard InChI is InChI=1S/C23H21NO3/c1-17-8-10-19(11-9-17)22(25)23(26)24(16-18-6-4-3-5-7-18)20-12-14-21(27-2)15-13-20/h3-15H,16H2,1-2H3. The molecule has 0 aliphatic heterocycles. The highest BCUT2D eigenvalue weighted by Crippen LogP contribution is 2.22. The molecule has 0 aliphatic carbocycles. The van der Waals surface area contributed by atoms with Crippen molar-refractivity contribution in [2.24, 2.45) is 0 Å². The number of hydrogen-bond donors (Lipinski definition) is 0. The smallest absolute Gasteiger partial charge is 0.299 e. The van der Waals surface area contributed by atoms with Crippen molar-refractivity contribution in [3.8, 4) is 5.75 Å². The van der Waals surface area contributed by atoms with Gasteiger partial charge in [0.2, 0.25) is 0 Å². The fraction of sp³-hybridized carbons (Fsp3) is 0.130. The molecule has 3 aromatic rings. The van der Waals surface area contributed by atoms with Crippen molar-refractivity contribution in [3.05, 3.63) is 95.6 Å². The molecule has 0 saturated carbocycles. The summed E-state index contributed by atoms with van der Waals surface area (Å²) in [5.41, 5.74) is 3.01. The van der Waals surface area contributed by atoms with Crippen LogP contribution < -0.4 is 9.64 Å². The van der Waals surface area contributed by atoms with Gasteiger partial charge in [-0.05, 0) is 36.8 Å². The van der Waals surface area contributed by atoms with Crippen LogP contribution in [0.2, 0.25) is 0 Å². The van der Waals surface area contributed by atoms with E-state index < -0.39 is 11.7 Å². The molecule has 0 fully saturated rings. The molecule has 4 nitrogen and oxygen atoms in total. The monoisotopic (exact) mass is 359 g/mol. The number of Topliss-reactive ketones (excluding diaryl/α,β-unsaturated/α-hetero) is 1. The lowest BCUT2D eigenvalue weighted by Gasteiger charge is -2.22. The van der Waals surface area contributed by atoms with Crippen LogP contribution in [0.4, 0.5) is 5.69 Å². The number of anilines is 1. The fourth-order valence-electron chi connectivity index (χ4n) is 2.76. The highest BCUT2D eigenvalue weighted by Gasteiger charge is 2.25. The third-order valence-electron chi connectivity index (χ3n) is 4.32. The van der Waals surface area contributed by atoms with Gasteiger partial charge in [-0.3, -0.25) is 9.59 Å². The zero-order valence-corrected chi connectivity index (χ0v) is 15.4. The molecular formula is C23H21NO3. The van der Waals surface area contributed by atoms with Crippen LogP contribution in [0.25, 0.3) is 0 Å². The predicted octanol–water partition coefficient (Wildman–Crippen LogP) is 4.42. The van der Waals surface area contributed by atoms with Gasteiger partial charge in [0.1, 0.15) is 5.75 Å². The molecule has 136 valence electrons. The summed E-state index contributed by atoms with van der Waals surface area (Å²) >= 11 is 0. The second-order valence-electron chi connectivity index (χ2n) is 6.27. The molecular weight excluding hydrogens is 338 g/mol. The van der Waals surface area contributed by atoms with Crippen molar-refractivity contribution in [2.45, 2.75) is 13.5 Å². The first kappa shape index (κ1) is 18.4. The van der Waals surface area contributed by atoms with E-state index in [4.69, 9.17) is 4.74 Å². The van der Waals surface area contributed by atoms with Crippen LogP contribution in [-0.4, -0.2) is 18.8 Å². The summed E-state index contributed by atoms with van der Waals surface area (Å²) in [6.45, 7) is 2.25. The highest BCUT2D eigenvalue weighted by atomic mass is 16.5. The lowest BCUT2D eigenvalue weighted by atomic mass is 10.1. The van der Waals surface area contributed by atoms with E-state index in [2.05, 4.69) is 0 Å². The first-order chi connectivity index (χ1) is 13.1. The van der Waals surface area contributed by atoms with E-state index >= 15 is 0 Å². The molecule has 0 atom stereocenters. The number of rotatable bonds is 6. The Morgan fingerprint density at radius 1 is 0.852 bits per heavy atom. The first-order valence-electron chi connectivity index (χ1n) is 8.69. The van der Waals surface area contributed by atoms with E-state index in [1.807, 2.05) is 49.4 Å². The molecule has 4 heteroatoms. The van der Waals surface area contributed by atoms with Crippen molar-refractivity contribution < 1.29 is 14.3 Å². The van der Waals surface area contributed by atoms with Gasteiger partial charge in [0.25, 0.3) is 11.7 Å². The summed E-state index contributed by atoms with van der Waals surface area (Å²) in [4.78, 5) is 27.3. The predicted molar refractivity (Wildman–Crippen MR) is 106 cm³/mol. The number of ketones is 1. The van der Waals surface area contributed by atoms with Gasteiger partial charge >= 0.3 is 0 Å². The minimum atomic E-state index is -0.562.